The number of pyridine rings is 1. The Morgan fingerprint density at radius 1 is 1.09 bits per heavy atom. The summed E-state index contributed by atoms with van der Waals surface area (Å²) in [6, 6.07) is 22.5. The molecule has 1 aromatic heterocycles. The number of phenols is 1. The average Bonchev–Trinajstić information content (AvgIpc) is 2.89. The molecular formula is C31H34N2O2. The van der Waals surface area contributed by atoms with Crippen molar-refractivity contribution in [2.75, 3.05) is 13.1 Å². The van der Waals surface area contributed by atoms with Gasteiger partial charge < -0.3 is 9.84 Å². The van der Waals surface area contributed by atoms with Gasteiger partial charge in [0.1, 0.15) is 11.9 Å². The largest absolute Gasteiger partial charge is 0.508 e. The molecule has 5 unspecified atom stereocenters. The monoisotopic (exact) mass is 466 g/mol. The van der Waals surface area contributed by atoms with E-state index in [0.29, 0.717) is 6.61 Å². The Bertz CT molecular complexity index is 1360. The number of phenolic OH excluding ortho intramolecular Hbond substituents is 1. The quantitative estimate of drug-likeness (QED) is 0.337. The van der Waals surface area contributed by atoms with E-state index in [4.69, 9.17) is 4.74 Å². The molecule has 3 fully saturated rings. The second kappa shape index (κ2) is 8.92. The van der Waals surface area contributed by atoms with Crippen molar-refractivity contribution in [2.24, 2.45) is 11.8 Å². The average molecular weight is 467 g/mol. The molecule has 7 rings (SSSR count). The molecule has 180 valence electrons. The van der Waals surface area contributed by atoms with E-state index in [1.54, 1.807) is 6.07 Å². The Labute approximate surface area is 207 Å². The van der Waals surface area contributed by atoms with Crippen molar-refractivity contribution < 1.29 is 9.84 Å². The summed E-state index contributed by atoms with van der Waals surface area (Å²) in [5.74, 6) is 1.77. The summed E-state index contributed by atoms with van der Waals surface area (Å²) in [6.45, 7) is 7.53. The molecule has 35 heavy (non-hydrogen) atoms. The maximum absolute atomic E-state index is 10.3. The molecule has 0 saturated carbocycles. The van der Waals surface area contributed by atoms with Gasteiger partial charge in [-0.15, -0.1) is 0 Å². The van der Waals surface area contributed by atoms with Gasteiger partial charge in [-0.3, -0.25) is 9.88 Å². The van der Waals surface area contributed by atoms with Gasteiger partial charge in [-0.05, 0) is 84.3 Å². The number of aromatic nitrogens is 1. The first kappa shape index (κ1) is 22.5. The second-order valence-corrected chi connectivity index (χ2v) is 10.7. The van der Waals surface area contributed by atoms with Crippen molar-refractivity contribution in [3.63, 3.8) is 0 Å². The first-order valence-corrected chi connectivity index (χ1v) is 13.0. The molecule has 3 aliphatic rings. The molecule has 1 N–H and O–H groups in total. The Morgan fingerprint density at radius 3 is 2.77 bits per heavy atom. The van der Waals surface area contributed by atoms with Gasteiger partial charge in [0.15, 0.2) is 0 Å². The van der Waals surface area contributed by atoms with E-state index in [1.165, 1.54) is 29.2 Å². The minimum atomic E-state index is -0.130. The van der Waals surface area contributed by atoms with Crippen LogP contribution in [0.25, 0.3) is 21.7 Å². The van der Waals surface area contributed by atoms with Crippen LogP contribution in [0, 0.1) is 11.8 Å². The predicted molar refractivity (Wildman–Crippen MR) is 141 cm³/mol. The van der Waals surface area contributed by atoms with Crippen molar-refractivity contribution in [3.05, 3.63) is 84.1 Å². The van der Waals surface area contributed by atoms with E-state index in [1.807, 2.05) is 18.3 Å². The van der Waals surface area contributed by atoms with Crippen LogP contribution in [0.15, 0.2) is 72.9 Å². The molecule has 4 nitrogen and oxygen atoms in total. The first-order chi connectivity index (χ1) is 17.1. The normalized spacial score (nSPS) is 26.9. The van der Waals surface area contributed by atoms with Crippen LogP contribution in [0.1, 0.15) is 50.3 Å². The van der Waals surface area contributed by atoms with Crippen LogP contribution in [0.5, 0.6) is 5.75 Å². The Hall–Kier alpha value is -2.95. The Morgan fingerprint density at radius 2 is 1.94 bits per heavy atom. The van der Waals surface area contributed by atoms with Gasteiger partial charge in [-0.1, -0.05) is 55.8 Å². The number of fused-ring (bicyclic) bond motifs is 5. The summed E-state index contributed by atoms with van der Waals surface area (Å²) >= 11 is 0. The molecule has 3 saturated heterocycles. The number of piperidine rings is 3. The molecule has 0 spiro atoms. The molecular weight excluding hydrogens is 432 g/mol. The van der Waals surface area contributed by atoms with Gasteiger partial charge >= 0.3 is 0 Å². The van der Waals surface area contributed by atoms with Crippen LogP contribution < -0.4 is 0 Å². The van der Waals surface area contributed by atoms with Crippen LogP contribution in [0.2, 0.25) is 0 Å². The van der Waals surface area contributed by atoms with Crippen molar-refractivity contribution >= 4 is 21.7 Å². The fourth-order valence-electron chi connectivity index (χ4n) is 6.79. The molecule has 2 bridgehead atoms. The van der Waals surface area contributed by atoms with Crippen LogP contribution in [-0.4, -0.2) is 33.6 Å². The molecule has 0 aliphatic carbocycles. The fraction of sp³-hybridized carbons (Fsp3) is 0.387. The number of hydrogen-bond acceptors (Lipinski definition) is 4. The van der Waals surface area contributed by atoms with Gasteiger partial charge in [-0.2, -0.15) is 0 Å². The predicted octanol–water partition coefficient (Wildman–Crippen LogP) is 6.86. The molecule has 3 aromatic carbocycles. The maximum atomic E-state index is 10.3. The van der Waals surface area contributed by atoms with E-state index < -0.39 is 0 Å². The van der Waals surface area contributed by atoms with Crippen molar-refractivity contribution in [2.45, 2.75) is 51.4 Å². The summed E-state index contributed by atoms with van der Waals surface area (Å²) in [7, 11) is 0. The second-order valence-electron chi connectivity index (χ2n) is 10.7. The SMILES string of the molecule is CCC1CN2CCC1CC2(C)C(OCc1cccc2ccccc12)c1ccnc2ccc(O)cc12. The van der Waals surface area contributed by atoms with Crippen LogP contribution >= 0.6 is 0 Å². The number of hydrogen-bond donors (Lipinski definition) is 1. The molecule has 0 amide bonds. The lowest BCUT2D eigenvalue weighted by atomic mass is 9.66. The highest BCUT2D eigenvalue weighted by molar-refractivity contribution is 5.86. The van der Waals surface area contributed by atoms with Crippen molar-refractivity contribution in [1.29, 1.82) is 0 Å². The zero-order valence-electron chi connectivity index (χ0n) is 20.7. The third-order valence-electron chi connectivity index (χ3n) is 8.71. The van der Waals surface area contributed by atoms with E-state index in [9.17, 15) is 5.11 Å². The lowest BCUT2D eigenvalue weighted by molar-refractivity contribution is -0.141. The third-order valence-corrected chi connectivity index (χ3v) is 8.71. The van der Waals surface area contributed by atoms with Crippen molar-refractivity contribution in [3.8, 4) is 5.75 Å². The highest BCUT2D eigenvalue weighted by Gasteiger charge is 2.51. The number of aromatic hydroxyl groups is 1. The van der Waals surface area contributed by atoms with Gasteiger partial charge in [0.25, 0.3) is 0 Å². The summed E-state index contributed by atoms with van der Waals surface area (Å²) in [6.07, 6.45) is 5.41. The summed E-state index contributed by atoms with van der Waals surface area (Å²) in [5.41, 5.74) is 3.11. The Balaban J connectivity index is 1.43. The zero-order chi connectivity index (χ0) is 24.0. The van der Waals surface area contributed by atoms with E-state index >= 15 is 0 Å². The lowest BCUT2D eigenvalue weighted by Gasteiger charge is -2.58. The van der Waals surface area contributed by atoms with E-state index in [2.05, 4.69) is 72.3 Å². The summed E-state index contributed by atoms with van der Waals surface area (Å²) < 4.78 is 6.98. The van der Waals surface area contributed by atoms with Gasteiger partial charge in [0.2, 0.25) is 0 Å². The lowest BCUT2D eigenvalue weighted by Crippen LogP contribution is -2.62. The van der Waals surface area contributed by atoms with Crippen LogP contribution in [0.4, 0.5) is 0 Å². The summed E-state index contributed by atoms with van der Waals surface area (Å²) in [4.78, 5) is 7.27. The minimum Gasteiger partial charge on any atom is -0.508 e. The topological polar surface area (TPSA) is 45.6 Å². The molecule has 0 radical (unpaired) electrons. The molecule has 4 heteroatoms. The van der Waals surface area contributed by atoms with E-state index in [0.717, 1.165) is 47.8 Å². The number of ether oxygens (including phenoxy) is 1. The number of nitrogens with zero attached hydrogens (tertiary/aromatic N) is 2. The minimum absolute atomic E-state index is 0.112. The van der Waals surface area contributed by atoms with Crippen LogP contribution in [-0.2, 0) is 11.3 Å². The van der Waals surface area contributed by atoms with E-state index in [-0.39, 0.29) is 17.4 Å². The number of rotatable bonds is 6. The third kappa shape index (κ3) is 3.89. The van der Waals surface area contributed by atoms with Gasteiger partial charge in [0, 0.05) is 23.7 Å². The van der Waals surface area contributed by atoms with Crippen molar-refractivity contribution in [1.82, 2.24) is 9.88 Å². The molecule has 4 aromatic rings. The smallest absolute Gasteiger partial charge is 0.116 e. The zero-order valence-corrected chi connectivity index (χ0v) is 20.7. The van der Waals surface area contributed by atoms with Gasteiger partial charge in [0.05, 0.1) is 12.1 Å². The Kier molecular flexibility index (Phi) is 5.74. The highest BCUT2D eigenvalue weighted by atomic mass is 16.5. The standard InChI is InChI=1S/C31H34N2O2/c1-3-21-19-33-16-14-23(21)18-31(33,2)30(27-13-15-32-29-12-11-25(34)17-28(27)29)35-20-24-9-6-8-22-7-4-5-10-26(22)24/h4-13,15,17,21,23,30,34H,3,14,16,18-20H2,1-2H3. The first-order valence-electron chi connectivity index (χ1n) is 13.0. The summed E-state index contributed by atoms with van der Waals surface area (Å²) in [5, 5.41) is 13.8. The van der Waals surface area contributed by atoms with Gasteiger partial charge in [-0.25, -0.2) is 0 Å². The maximum Gasteiger partial charge on any atom is 0.116 e. The van der Waals surface area contributed by atoms with Crippen LogP contribution in [0.3, 0.4) is 0 Å². The fourth-order valence-corrected chi connectivity index (χ4v) is 6.79. The molecule has 4 heterocycles. The molecule has 5 atom stereocenters. The molecule has 3 aliphatic heterocycles. The number of benzene rings is 3. The highest BCUT2D eigenvalue weighted by Crippen LogP contribution is 2.51.